The van der Waals surface area contributed by atoms with Crippen LogP contribution in [0, 0.1) is 0 Å². The predicted octanol–water partition coefficient (Wildman–Crippen LogP) is 1.83. The molecule has 0 aromatic heterocycles. The van der Waals surface area contributed by atoms with Gasteiger partial charge in [-0.25, -0.2) is 8.42 Å². The molecule has 0 saturated carbocycles. The number of hydrogen-bond donors (Lipinski definition) is 1. The lowest BCUT2D eigenvalue weighted by atomic mass is 10.1. The zero-order valence-corrected chi connectivity index (χ0v) is 11.9. The second-order valence-electron chi connectivity index (χ2n) is 4.91. The quantitative estimate of drug-likeness (QED) is 0.795. The molecule has 0 bridgehead atoms. The summed E-state index contributed by atoms with van der Waals surface area (Å²) >= 11 is 0. The molecular weight excluding hydrogens is 272 g/mol. The van der Waals surface area contributed by atoms with Crippen molar-refractivity contribution in [2.45, 2.75) is 6.42 Å². The molecule has 2 aromatic carbocycles. The van der Waals surface area contributed by atoms with Crippen LogP contribution in [0.5, 0.6) is 0 Å². The number of nitrogens with zero attached hydrogens (tertiary/aromatic N) is 1. The molecule has 3 N–H and O–H groups in total. The standard InChI is InChI=1S/C15H15N2O2S/c16-7-8-20(18,19)17-13-5-6-15-12(10-13)9-11-3-1-2-4-14(11)15/h1-6,10H,7-9,16H2/q-1/p+1. The average molecular weight is 288 g/mol. The van der Waals surface area contributed by atoms with E-state index in [1.807, 2.05) is 24.3 Å². The van der Waals surface area contributed by atoms with Gasteiger partial charge in [-0.15, -0.1) is 5.69 Å². The first-order valence-electron chi connectivity index (χ1n) is 6.55. The van der Waals surface area contributed by atoms with Gasteiger partial charge in [-0.3, -0.25) is 0 Å². The fourth-order valence-corrected chi connectivity index (χ4v) is 3.47. The van der Waals surface area contributed by atoms with Crippen LogP contribution in [0.25, 0.3) is 15.8 Å². The lowest BCUT2D eigenvalue weighted by molar-refractivity contribution is -0.360. The van der Waals surface area contributed by atoms with Crippen LogP contribution in [0.1, 0.15) is 11.1 Å². The Hall–Kier alpha value is -1.85. The van der Waals surface area contributed by atoms with Gasteiger partial charge in [0.15, 0.2) is 0 Å². The minimum absolute atomic E-state index is 0.00961. The minimum atomic E-state index is -3.41. The van der Waals surface area contributed by atoms with Crippen molar-refractivity contribution < 1.29 is 14.2 Å². The van der Waals surface area contributed by atoms with Crippen molar-refractivity contribution in [3.8, 4) is 11.1 Å². The molecule has 5 heteroatoms. The number of sulfonamides is 1. The lowest BCUT2D eigenvalue weighted by Crippen LogP contribution is -2.52. The zero-order chi connectivity index (χ0) is 14.2. The molecule has 3 rings (SSSR count). The molecular formula is C15H16N2O2S. The molecule has 0 fully saturated rings. The van der Waals surface area contributed by atoms with E-state index in [9.17, 15) is 8.42 Å². The second kappa shape index (κ2) is 4.92. The van der Waals surface area contributed by atoms with Gasteiger partial charge in [-0.1, -0.05) is 42.5 Å². The summed E-state index contributed by atoms with van der Waals surface area (Å²) in [5, 5.41) is 0. The molecule has 104 valence electrons. The summed E-state index contributed by atoms with van der Waals surface area (Å²) in [6, 6.07) is 13.8. The Morgan fingerprint density at radius 3 is 2.60 bits per heavy atom. The van der Waals surface area contributed by atoms with Gasteiger partial charge in [0.05, 0.1) is 22.3 Å². The van der Waals surface area contributed by atoms with Gasteiger partial charge < -0.3 is 10.5 Å². The number of fused-ring (bicyclic) bond motifs is 3. The van der Waals surface area contributed by atoms with Crippen LogP contribution >= 0.6 is 0 Å². The molecule has 4 nitrogen and oxygen atoms in total. The lowest BCUT2D eigenvalue weighted by Gasteiger charge is -2.21. The van der Waals surface area contributed by atoms with Gasteiger partial charge in [0.1, 0.15) is 0 Å². The Morgan fingerprint density at radius 2 is 1.80 bits per heavy atom. The number of quaternary nitrogens is 1. The maximum absolute atomic E-state index is 11.7. The van der Waals surface area contributed by atoms with Gasteiger partial charge >= 0.3 is 0 Å². The van der Waals surface area contributed by atoms with Crippen LogP contribution in [0.15, 0.2) is 42.5 Å². The van der Waals surface area contributed by atoms with Gasteiger partial charge in [-0.05, 0) is 28.7 Å². The molecule has 2 aromatic rings. The summed E-state index contributed by atoms with van der Waals surface area (Å²) in [6.07, 6.45) is 0.838. The summed E-state index contributed by atoms with van der Waals surface area (Å²) in [5.74, 6) is -0.00961. The molecule has 1 aliphatic carbocycles. The SMILES string of the molecule is [NH3+]CCS(=O)(=O)[N-]c1ccc2c(c1)Cc1ccccc1-2. The minimum Gasteiger partial charge on any atom is -0.577 e. The molecule has 0 radical (unpaired) electrons. The Kier molecular flexibility index (Phi) is 3.23. The fraction of sp³-hybridized carbons (Fsp3) is 0.200. The molecule has 0 atom stereocenters. The van der Waals surface area contributed by atoms with E-state index in [-0.39, 0.29) is 5.75 Å². The number of benzene rings is 2. The molecule has 20 heavy (non-hydrogen) atoms. The largest absolute Gasteiger partial charge is 0.577 e. The maximum atomic E-state index is 11.7. The molecule has 0 amide bonds. The molecule has 0 saturated heterocycles. The average Bonchev–Trinajstić information content (AvgIpc) is 2.75. The summed E-state index contributed by atoms with van der Waals surface area (Å²) in [5.41, 5.74) is 8.88. The normalized spacial score (nSPS) is 12.8. The van der Waals surface area contributed by atoms with E-state index >= 15 is 0 Å². The van der Waals surface area contributed by atoms with Gasteiger partial charge in [0, 0.05) is 0 Å². The Bertz CT molecular complexity index is 754. The first kappa shape index (κ1) is 13.1. The topological polar surface area (TPSA) is 75.9 Å². The highest BCUT2D eigenvalue weighted by Crippen LogP contribution is 2.39. The van der Waals surface area contributed by atoms with Crippen LogP contribution in [0.2, 0.25) is 0 Å². The van der Waals surface area contributed by atoms with E-state index in [2.05, 4.69) is 22.6 Å². The molecule has 0 heterocycles. The van der Waals surface area contributed by atoms with Gasteiger partial charge in [0.2, 0.25) is 0 Å². The van der Waals surface area contributed by atoms with Crippen molar-refractivity contribution in [3.63, 3.8) is 0 Å². The third kappa shape index (κ3) is 2.42. The van der Waals surface area contributed by atoms with Crippen LogP contribution in [0.3, 0.4) is 0 Å². The highest BCUT2D eigenvalue weighted by Gasteiger charge is 2.16. The van der Waals surface area contributed by atoms with Crippen molar-refractivity contribution in [2.75, 3.05) is 12.3 Å². The van der Waals surface area contributed by atoms with Crippen LogP contribution in [-0.2, 0) is 16.4 Å². The van der Waals surface area contributed by atoms with Crippen LogP contribution < -0.4 is 5.73 Å². The molecule has 0 aliphatic heterocycles. The van der Waals surface area contributed by atoms with Crippen molar-refractivity contribution in [1.29, 1.82) is 0 Å². The summed E-state index contributed by atoms with van der Waals surface area (Å²) < 4.78 is 27.3. The van der Waals surface area contributed by atoms with E-state index in [1.165, 1.54) is 16.7 Å². The zero-order valence-electron chi connectivity index (χ0n) is 11.0. The van der Waals surface area contributed by atoms with Gasteiger partial charge in [-0.2, -0.15) is 0 Å². The van der Waals surface area contributed by atoms with E-state index in [4.69, 9.17) is 0 Å². The third-order valence-corrected chi connectivity index (χ3v) is 4.72. The smallest absolute Gasteiger partial charge is 0.0993 e. The highest BCUT2D eigenvalue weighted by molar-refractivity contribution is 7.94. The first-order valence-corrected chi connectivity index (χ1v) is 8.16. The van der Waals surface area contributed by atoms with Crippen molar-refractivity contribution in [1.82, 2.24) is 0 Å². The molecule has 0 unspecified atom stereocenters. The van der Waals surface area contributed by atoms with Crippen molar-refractivity contribution in [2.24, 2.45) is 0 Å². The second-order valence-corrected chi connectivity index (χ2v) is 6.66. The van der Waals surface area contributed by atoms with Crippen LogP contribution in [-0.4, -0.2) is 20.7 Å². The maximum Gasteiger partial charge on any atom is 0.0993 e. The monoisotopic (exact) mass is 288 g/mol. The fourth-order valence-electron chi connectivity index (χ4n) is 2.58. The molecule has 1 aliphatic rings. The molecule has 0 spiro atoms. The summed E-state index contributed by atoms with van der Waals surface area (Å²) in [4.78, 5) is 0. The Morgan fingerprint density at radius 1 is 1.05 bits per heavy atom. The van der Waals surface area contributed by atoms with Crippen LogP contribution in [0.4, 0.5) is 5.69 Å². The predicted molar refractivity (Wildman–Crippen MR) is 79.2 cm³/mol. The van der Waals surface area contributed by atoms with Gasteiger partial charge in [0.25, 0.3) is 0 Å². The third-order valence-electron chi connectivity index (χ3n) is 3.42. The van der Waals surface area contributed by atoms with E-state index in [1.54, 1.807) is 6.07 Å². The Balaban J connectivity index is 1.91. The van der Waals surface area contributed by atoms with E-state index in [0.29, 0.717) is 12.2 Å². The Labute approximate surface area is 118 Å². The van der Waals surface area contributed by atoms with Crippen molar-refractivity contribution in [3.05, 3.63) is 58.3 Å². The summed E-state index contributed by atoms with van der Waals surface area (Å²) in [7, 11) is -3.41. The van der Waals surface area contributed by atoms with Crippen molar-refractivity contribution >= 4 is 15.7 Å². The number of hydrogen-bond acceptors (Lipinski definition) is 2. The first-order chi connectivity index (χ1) is 9.59. The summed E-state index contributed by atoms with van der Waals surface area (Å²) in [6.45, 7) is 0.336. The van der Waals surface area contributed by atoms with E-state index < -0.39 is 10.0 Å². The van der Waals surface area contributed by atoms with E-state index in [0.717, 1.165) is 12.0 Å². The highest BCUT2D eigenvalue weighted by atomic mass is 32.2. The number of rotatable bonds is 4.